The highest BCUT2D eigenvalue weighted by atomic mass is 79.9. The number of esters is 1. The van der Waals surface area contributed by atoms with Gasteiger partial charge in [-0.25, -0.2) is 0 Å². The molecule has 0 bridgehead atoms. The number of rotatable bonds is 3. The maximum atomic E-state index is 13.4. The van der Waals surface area contributed by atoms with Crippen LogP contribution in [0.25, 0.3) is 0 Å². The van der Waals surface area contributed by atoms with Crippen molar-refractivity contribution in [1.29, 1.82) is 0 Å². The number of halogens is 2. The second-order valence-electron chi connectivity index (χ2n) is 7.52. The Morgan fingerprint density at radius 3 is 1.92 bits per heavy atom. The monoisotopic (exact) mass is 478 g/mol. The molecule has 1 fully saturated rings. The third-order valence-corrected chi connectivity index (χ3v) is 6.12. The number of ketones is 1. The number of carbonyl (C=O) groups is 2. The van der Waals surface area contributed by atoms with E-state index in [1.807, 2.05) is 62.4 Å². The summed E-state index contributed by atoms with van der Waals surface area (Å²) in [4.78, 5) is 26.3. The zero-order chi connectivity index (χ0) is 19.1. The molecule has 0 aliphatic carbocycles. The second-order valence-corrected chi connectivity index (χ2v) is 9.35. The van der Waals surface area contributed by atoms with Gasteiger partial charge in [0.25, 0.3) is 0 Å². The summed E-state index contributed by atoms with van der Waals surface area (Å²) < 4.78 is 7.72. The van der Waals surface area contributed by atoms with E-state index in [2.05, 4.69) is 31.9 Å². The van der Waals surface area contributed by atoms with Gasteiger partial charge in [0.2, 0.25) is 0 Å². The maximum Gasteiger partial charge on any atom is 0.320 e. The molecule has 0 aromatic heterocycles. The van der Waals surface area contributed by atoms with Crippen LogP contribution in [0, 0.1) is 10.8 Å². The minimum Gasteiger partial charge on any atom is -0.456 e. The summed E-state index contributed by atoms with van der Waals surface area (Å²) in [6.45, 7) is 5.40. The predicted octanol–water partition coefficient (Wildman–Crippen LogP) is 5.65. The number of Topliss-reactive ketones (excluding diaryl/α,β-unsaturated/α-hetero) is 1. The standard InChI is InChI=1S/C21H20Br2O3/c1-20(2)17(14-6-10-16(23)11-7-14)26-19(25)21(3,18(20)24)12-13-4-8-15(22)9-5-13/h4-11,17H,12H2,1-3H3/t17-,21+/m0/s1. The fraction of sp³-hybridized carbons (Fsp3) is 0.333. The van der Waals surface area contributed by atoms with E-state index >= 15 is 0 Å². The molecular weight excluding hydrogens is 460 g/mol. The van der Waals surface area contributed by atoms with E-state index in [0.717, 1.165) is 20.1 Å². The molecule has 0 radical (unpaired) electrons. The van der Waals surface area contributed by atoms with E-state index in [0.29, 0.717) is 6.42 Å². The van der Waals surface area contributed by atoms with Crippen LogP contribution in [0.5, 0.6) is 0 Å². The first-order chi connectivity index (χ1) is 12.1. The molecule has 26 heavy (non-hydrogen) atoms. The van der Waals surface area contributed by atoms with Crippen LogP contribution in [0.1, 0.15) is 38.0 Å². The van der Waals surface area contributed by atoms with Crippen molar-refractivity contribution in [2.75, 3.05) is 0 Å². The van der Waals surface area contributed by atoms with Crippen molar-refractivity contribution < 1.29 is 14.3 Å². The molecule has 0 spiro atoms. The van der Waals surface area contributed by atoms with Gasteiger partial charge >= 0.3 is 5.97 Å². The lowest BCUT2D eigenvalue weighted by atomic mass is 9.64. The summed E-state index contributed by atoms with van der Waals surface area (Å²) in [7, 11) is 0. The third-order valence-electron chi connectivity index (χ3n) is 5.06. The van der Waals surface area contributed by atoms with Gasteiger partial charge < -0.3 is 4.74 Å². The van der Waals surface area contributed by atoms with Crippen molar-refractivity contribution in [2.24, 2.45) is 10.8 Å². The average molecular weight is 480 g/mol. The van der Waals surface area contributed by atoms with Crippen LogP contribution in [0.15, 0.2) is 57.5 Å². The lowest BCUT2D eigenvalue weighted by molar-refractivity contribution is -0.188. The summed E-state index contributed by atoms with van der Waals surface area (Å²) in [5, 5.41) is 0. The van der Waals surface area contributed by atoms with E-state index in [1.165, 1.54) is 0 Å². The molecule has 0 unspecified atom stereocenters. The van der Waals surface area contributed by atoms with E-state index in [4.69, 9.17) is 4.74 Å². The smallest absolute Gasteiger partial charge is 0.320 e. The molecule has 2 aromatic carbocycles. The predicted molar refractivity (Wildman–Crippen MR) is 108 cm³/mol. The largest absolute Gasteiger partial charge is 0.456 e. The molecule has 3 rings (SSSR count). The number of ether oxygens (including phenoxy) is 1. The number of cyclic esters (lactones) is 1. The Labute approximate surface area is 170 Å². The van der Waals surface area contributed by atoms with Gasteiger partial charge in [0.15, 0.2) is 5.78 Å². The minimum atomic E-state index is -1.19. The summed E-state index contributed by atoms with van der Waals surface area (Å²) in [5.74, 6) is -0.547. The zero-order valence-corrected chi connectivity index (χ0v) is 18.1. The number of hydrogen-bond acceptors (Lipinski definition) is 3. The third kappa shape index (κ3) is 3.39. The summed E-state index contributed by atoms with van der Waals surface area (Å²) in [6, 6.07) is 15.2. The van der Waals surface area contributed by atoms with Crippen LogP contribution < -0.4 is 0 Å². The summed E-state index contributed by atoms with van der Waals surface area (Å²) in [5.41, 5.74) is -0.251. The molecule has 1 heterocycles. The van der Waals surface area contributed by atoms with E-state index < -0.39 is 22.9 Å². The van der Waals surface area contributed by atoms with Crippen LogP contribution in [0.4, 0.5) is 0 Å². The molecule has 0 saturated carbocycles. The molecule has 2 aromatic rings. The Morgan fingerprint density at radius 1 is 0.885 bits per heavy atom. The Bertz CT molecular complexity index is 841. The molecule has 0 N–H and O–H groups in total. The minimum absolute atomic E-state index is 0.0860. The highest BCUT2D eigenvalue weighted by Gasteiger charge is 2.57. The SMILES string of the molecule is CC1(C)C(=O)[C@@](C)(Cc2ccc(Br)cc2)C(=O)O[C@H]1c1ccc(Br)cc1. The lowest BCUT2D eigenvalue weighted by Gasteiger charge is -2.44. The van der Waals surface area contributed by atoms with Crippen LogP contribution in [-0.4, -0.2) is 11.8 Å². The molecule has 0 amide bonds. The van der Waals surface area contributed by atoms with E-state index in [-0.39, 0.29) is 5.78 Å². The Hall–Kier alpha value is -1.46. The average Bonchev–Trinajstić information content (AvgIpc) is 2.60. The van der Waals surface area contributed by atoms with Gasteiger partial charge in [-0.1, -0.05) is 56.1 Å². The van der Waals surface area contributed by atoms with Crippen molar-refractivity contribution in [1.82, 2.24) is 0 Å². The van der Waals surface area contributed by atoms with Gasteiger partial charge in [0, 0.05) is 8.95 Å². The van der Waals surface area contributed by atoms with Crippen LogP contribution in [0.2, 0.25) is 0 Å². The van der Waals surface area contributed by atoms with Gasteiger partial charge in [-0.3, -0.25) is 9.59 Å². The van der Waals surface area contributed by atoms with Crippen molar-refractivity contribution in [3.05, 3.63) is 68.6 Å². The Morgan fingerprint density at radius 2 is 1.38 bits per heavy atom. The zero-order valence-electron chi connectivity index (χ0n) is 14.9. The number of hydrogen-bond donors (Lipinski definition) is 0. The highest BCUT2D eigenvalue weighted by Crippen LogP contribution is 2.49. The molecular formula is C21H20Br2O3. The molecule has 5 heteroatoms. The normalized spacial score (nSPS) is 25.0. The van der Waals surface area contributed by atoms with Crippen molar-refractivity contribution in [2.45, 2.75) is 33.3 Å². The van der Waals surface area contributed by atoms with Gasteiger partial charge in [-0.2, -0.15) is 0 Å². The van der Waals surface area contributed by atoms with Crippen molar-refractivity contribution in [3.63, 3.8) is 0 Å². The lowest BCUT2D eigenvalue weighted by Crippen LogP contribution is -2.54. The van der Waals surface area contributed by atoms with E-state index in [1.54, 1.807) is 6.92 Å². The number of benzene rings is 2. The van der Waals surface area contributed by atoms with Crippen LogP contribution >= 0.6 is 31.9 Å². The second kappa shape index (κ2) is 6.93. The Balaban J connectivity index is 1.94. The Kier molecular flexibility index (Phi) is 5.15. The van der Waals surface area contributed by atoms with Crippen LogP contribution in [-0.2, 0) is 20.7 Å². The fourth-order valence-electron chi connectivity index (χ4n) is 3.59. The van der Waals surface area contributed by atoms with Crippen molar-refractivity contribution >= 4 is 43.6 Å². The number of carbonyl (C=O) groups excluding carboxylic acids is 2. The van der Waals surface area contributed by atoms with Crippen LogP contribution in [0.3, 0.4) is 0 Å². The molecule has 1 aliphatic rings. The molecule has 136 valence electrons. The van der Waals surface area contributed by atoms with Gasteiger partial charge in [-0.15, -0.1) is 0 Å². The quantitative estimate of drug-likeness (QED) is 0.421. The first-order valence-electron chi connectivity index (χ1n) is 8.40. The van der Waals surface area contributed by atoms with Gasteiger partial charge in [0.1, 0.15) is 11.5 Å². The molecule has 1 aliphatic heterocycles. The molecule has 3 nitrogen and oxygen atoms in total. The molecule has 2 atom stereocenters. The van der Waals surface area contributed by atoms with E-state index in [9.17, 15) is 9.59 Å². The van der Waals surface area contributed by atoms with Crippen molar-refractivity contribution in [3.8, 4) is 0 Å². The van der Waals surface area contributed by atoms with Gasteiger partial charge in [-0.05, 0) is 62.6 Å². The summed E-state index contributed by atoms with van der Waals surface area (Å²) in [6.07, 6.45) is -0.261. The first kappa shape index (κ1) is 19.3. The van der Waals surface area contributed by atoms with Gasteiger partial charge in [0.05, 0.1) is 5.41 Å². The molecule has 1 saturated heterocycles. The first-order valence-corrected chi connectivity index (χ1v) is 9.99. The fourth-order valence-corrected chi connectivity index (χ4v) is 4.12. The topological polar surface area (TPSA) is 43.4 Å². The highest BCUT2D eigenvalue weighted by molar-refractivity contribution is 9.10. The summed E-state index contributed by atoms with van der Waals surface area (Å²) >= 11 is 6.81. The maximum absolute atomic E-state index is 13.4.